The van der Waals surface area contributed by atoms with Crippen LogP contribution in [0, 0.1) is 0 Å². The van der Waals surface area contributed by atoms with Gasteiger partial charge in [0.1, 0.15) is 11.5 Å². The maximum absolute atomic E-state index is 13.0. The second-order valence-electron chi connectivity index (χ2n) is 7.75. The first kappa shape index (κ1) is 27.3. The van der Waals surface area contributed by atoms with Crippen molar-refractivity contribution in [2.24, 2.45) is 16.5 Å². The molecule has 0 saturated heterocycles. The smallest absolute Gasteiger partial charge is 0.429 e. The number of para-hydroxylation sites is 2. The molecule has 0 radical (unpaired) electrons. The number of hydrogen-bond acceptors (Lipinski definition) is 4. The largest absolute Gasteiger partial charge is 0.475 e. The maximum atomic E-state index is 13.0. The number of nitrogens with two attached hydrogens (primary N) is 2. The van der Waals surface area contributed by atoms with Crippen LogP contribution >= 0.6 is 0 Å². The lowest BCUT2D eigenvalue weighted by Crippen LogP contribution is -2.40. The minimum absolute atomic E-state index is 0.0380. The Kier molecular flexibility index (Phi) is 7.65. The molecule has 37 heavy (non-hydrogen) atoms. The number of guanidine groups is 1. The minimum Gasteiger partial charge on any atom is -0.475 e. The van der Waals surface area contributed by atoms with Gasteiger partial charge in [0, 0.05) is 16.7 Å². The van der Waals surface area contributed by atoms with Crippen LogP contribution in [0.3, 0.4) is 0 Å². The van der Waals surface area contributed by atoms with Gasteiger partial charge in [0.15, 0.2) is 11.7 Å². The summed E-state index contributed by atoms with van der Waals surface area (Å²) in [6, 6.07) is 12.3. The Morgan fingerprint density at radius 3 is 1.57 bits per heavy atom. The van der Waals surface area contributed by atoms with E-state index in [1.54, 1.807) is 24.3 Å². The molecule has 0 aromatic heterocycles. The third kappa shape index (κ3) is 6.48. The summed E-state index contributed by atoms with van der Waals surface area (Å²) < 4.78 is 86.7. The Morgan fingerprint density at radius 2 is 1.16 bits per heavy atom. The van der Waals surface area contributed by atoms with Crippen molar-refractivity contribution in [1.82, 2.24) is 0 Å². The number of aliphatic imine (C=N–C) groups is 1. The topological polar surface area (TPSA) is 117 Å². The van der Waals surface area contributed by atoms with E-state index in [9.17, 15) is 35.9 Å². The fraction of sp³-hybridized carbons (Fsp3) is 0.208. The molecule has 2 unspecified atom stereocenters. The highest BCUT2D eigenvalue weighted by Crippen LogP contribution is 2.38. The molecule has 2 aliphatic rings. The van der Waals surface area contributed by atoms with Crippen molar-refractivity contribution in [3.05, 3.63) is 70.8 Å². The number of benzene rings is 2. The van der Waals surface area contributed by atoms with Gasteiger partial charge >= 0.3 is 12.4 Å². The molecule has 4 N–H and O–H groups in total. The average Bonchev–Trinajstić information content (AvgIpc) is 2.81. The number of fused-ring (bicyclic) bond motifs is 2. The molecular formula is C24H19F6N3O4. The predicted octanol–water partition coefficient (Wildman–Crippen LogP) is 4.18. The minimum atomic E-state index is -4.76. The van der Waals surface area contributed by atoms with Crippen LogP contribution in [0.2, 0.25) is 0 Å². The van der Waals surface area contributed by atoms with Gasteiger partial charge in [0.2, 0.25) is 12.2 Å². The molecular weight excluding hydrogens is 508 g/mol. The van der Waals surface area contributed by atoms with Gasteiger partial charge in [-0.05, 0) is 31.2 Å². The monoisotopic (exact) mass is 527 g/mol. The van der Waals surface area contributed by atoms with Crippen LogP contribution in [0.5, 0.6) is 11.5 Å². The number of ether oxygens (including phenoxy) is 2. The zero-order valence-corrected chi connectivity index (χ0v) is 18.9. The zero-order valence-electron chi connectivity index (χ0n) is 18.9. The fourth-order valence-corrected chi connectivity index (χ4v) is 3.41. The van der Waals surface area contributed by atoms with E-state index in [0.29, 0.717) is 11.1 Å². The van der Waals surface area contributed by atoms with E-state index < -0.39 is 47.8 Å². The van der Waals surface area contributed by atoms with Crippen molar-refractivity contribution < 1.29 is 45.4 Å². The van der Waals surface area contributed by atoms with Crippen LogP contribution < -0.4 is 20.9 Å². The van der Waals surface area contributed by atoms with Crippen LogP contribution in [0.15, 0.2) is 64.7 Å². The number of ketones is 1. The van der Waals surface area contributed by atoms with Crippen molar-refractivity contribution in [2.75, 3.05) is 0 Å². The van der Waals surface area contributed by atoms with E-state index in [4.69, 9.17) is 20.9 Å². The Labute approximate surface area is 206 Å². The highest BCUT2D eigenvalue weighted by Gasteiger charge is 2.48. The van der Waals surface area contributed by atoms with E-state index in [0.717, 1.165) is 13.0 Å². The summed E-state index contributed by atoms with van der Waals surface area (Å²) in [5.74, 6) is -2.25. The van der Waals surface area contributed by atoms with Gasteiger partial charge in [0.05, 0.1) is 5.57 Å². The fourth-order valence-electron chi connectivity index (χ4n) is 3.41. The van der Waals surface area contributed by atoms with Gasteiger partial charge in [-0.25, -0.2) is 0 Å². The number of rotatable bonds is 2. The van der Waals surface area contributed by atoms with E-state index in [1.807, 2.05) is 0 Å². The summed E-state index contributed by atoms with van der Waals surface area (Å²) in [7, 11) is 0. The van der Waals surface area contributed by atoms with Crippen LogP contribution in [0.1, 0.15) is 18.1 Å². The Morgan fingerprint density at radius 1 is 0.757 bits per heavy atom. The third-order valence-electron chi connectivity index (χ3n) is 4.99. The molecule has 7 nitrogen and oxygen atoms in total. The summed E-state index contributed by atoms with van der Waals surface area (Å²) in [4.78, 5) is 26.0. The standard InChI is InChI=1S/C12H10F3N3O2.C12H9F3O2/c13-12(14,15)9-7(10(19)18-11(16)17)5-6-3-1-2-4-8(6)20-9;1-7(16)9-6-8-4-2-3-5-10(8)17-11(9)12(13,14)15/h1-5,9H,(H4,16,17,18,19);2-6,11H,1H3. The molecule has 2 atom stereocenters. The van der Waals surface area contributed by atoms with Crippen molar-refractivity contribution in [2.45, 2.75) is 31.5 Å². The molecule has 0 fully saturated rings. The highest BCUT2D eigenvalue weighted by atomic mass is 19.4. The van der Waals surface area contributed by atoms with Crippen LogP contribution in [0.4, 0.5) is 26.3 Å². The second-order valence-corrected chi connectivity index (χ2v) is 7.75. The van der Waals surface area contributed by atoms with E-state index in [2.05, 4.69) is 4.99 Å². The first-order chi connectivity index (χ1) is 17.2. The lowest BCUT2D eigenvalue weighted by atomic mass is 9.98. The van der Waals surface area contributed by atoms with Gasteiger partial charge in [-0.15, -0.1) is 0 Å². The van der Waals surface area contributed by atoms with Gasteiger partial charge in [-0.1, -0.05) is 36.4 Å². The number of amides is 1. The third-order valence-corrected chi connectivity index (χ3v) is 4.99. The van der Waals surface area contributed by atoms with Gasteiger partial charge in [-0.2, -0.15) is 31.3 Å². The molecule has 4 rings (SSSR count). The highest BCUT2D eigenvalue weighted by molar-refractivity contribution is 6.05. The number of alkyl halides is 6. The molecule has 2 aliphatic heterocycles. The SMILES string of the molecule is CC(=O)C1=Cc2ccccc2OC1C(F)(F)F.NC(N)=NC(=O)C1=Cc2ccccc2OC1C(F)(F)F. The number of hydrogen-bond donors (Lipinski definition) is 2. The van der Waals surface area contributed by atoms with E-state index in [1.165, 1.54) is 30.3 Å². The molecule has 2 heterocycles. The Bertz CT molecular complexity index is 1290. The number of halogens is 6. The summed E-state index contributed by atoms with van der Waals surface area (Å²) in [5, 5.41) is 0. The molecule has 0 bridgehead atoms. The van der Waals surface area contributed by atoms with Crippen molar-refractivity contribution in [3.8, 4) is 11.5 Å². The summed E-state index contributed by atoms with van der Waals surface area (Å²) >= 11 is 0. The lowest BCUT2D eigenvalue weighted by Gasteiger charge is -2.27. The normalized spacial score (nSPS) is 18.2. The summed E-state index contributed by atoms with van der Waals surface area (Å²) in [6.07, 6.45) is -11.6. The molecule has 0 aliphatic carbocycles. The summed E-state index contributed by atoms with van der Waals surface area (Å²) in [6.45, 7) is 1.10. The lowest BCUT2D eigenvalue weighted by molar-refractivity contribution is -0.185. The predicted molar refractivity (Wildman–Crippen MR) is 121 cm³/mol. The van der Waals surface area contributed by atoms with Crippen molar-refractivity contribution in [1.29, 1.82) is 0 Å². The first-order valence-electron chi connectivity index (χ1n) is 10.4. The number of Topliss-reactive ketones (excluding diaryl/α,β-unsaturated/α-hetero) is 1. The molecule has 196 valence electrons. The van der Waals surface area contributed by atoms with Gasteiger partial charge in [-0.3, -0.25) is 9.59 Å². The Balaban J connectivity index is 0.000000208. The number of nitrogens with zero attached hydrogens (tertiary/aromatic N) is 1. The van der Waals surface area contributed by atoms with Gasteiger partial charge in [0.25, 0.3) is 5.91 Å². The maximum Gasteiger partial charge on any atom is 0.429 e. The number of carbonyl (C=O) groups is 2. The van der Waals surface area contributed by atoms with Crippen LogP contribution in [-0.2, 0) is 9.59 Å². The summed E-state index contributed by atoms with van der Waals surface area (Å²) in [5.41, 5.74) is 9.82. The average molecular weight is 527 g/mol. The van der Waals surface area contributed by atoms with E-state index >= 15 is 0 Å². The number of carbonyl (C=O) groups excluding carboxylic acids is 2. The molecule has 2 aromatic rings. The molecule has 0 saturated carbocycles. The van der Waals surface area contributed by atoms with E-state index in [-0.39, 0.29) is 17.1 Å². The Hall–Kier alpha value is -4.29. The second kappa shape index (κ2) is 10.4. The zero-order chi connectivity index (χ0) is 27.5. The molecule has 0 spiro atoms. The van der Waals surface area contributed by atoms with Crippen molar-refractivity contribution in [3.63, 3.8) is 0 Å². The molecule has 13 heteroatoms. The van der Waals surface area contributed by atoms with Crippen molar-refractivity contribution >= 4 is 29.8 Å². The quantitative estimate of drug-likeness (QED) is 0.344. The molecule has 2 aromatic carbocycles. The first-order valence-corrected chi connectivity index (χ1v) is 10.4. The van der Waals surface area contributed by atoms with Crippen LogP contribution in [-0.4, -0.2) is 42.2 Å². The van der Waals surface area contributed by atoms with Crippen LogP contribution in [0.25, 0.3) is 12.2 Å². The molecule has 1 amide bonds. The van der Waals surface area contributed by atoms with Gasteiger partial charge < -0.3 is 20.9 Å².